The summed E-state index contributed by atoms with van der Waals surface area (Å²) in [6, 6.07) is 19.3. The van der Waals surface area contributed by atoms with Gasteiger partial charge in [-0.15, -0.1) is 0 Å². The van der Waals surface area contributed by atoms with E-state index in [1.165, 1.54) is 0 Å². The first kappa shape index (κ1) is 21.9. The molecule has 2 aromatic heterocycles. The molecule has 3 heterocycles. The molecule has 2 aromatic carbocycles. The molecule has 0 amide bonds. The molecular weight excluding hydrogens is 428 g/mol. The number of hydrogen-bond donors (Lipinski definition) is 0. The number of ether oxygens (including phenoxy) is 2. The van der Waals surface area contributed by atoms with E-state index < -0.39 is 0 Å². The van der Waals surface area contributed by atoms with Crippen molar-refractivity contribution in [2.75, 3.05) is 37.8 Å². The molecule has 172 valence electrons. The van der Waals surface area contributed by atoms with Crippen molar-refractivity contribution in [1.29, 1.82) is 0 Å². The van der Waals surface area contributed by atoms with Crippen molar-refractivity contribution in [2.24, 2.45) is 0 Å². The highest BCUT2D eigenvalue weighted by molar-refractivity contribution is 5.97. The van der Waals surface area contributed by atoms with Crippen molar-refractivity contribution >= 4 is 23.3 Å². The van der Waals surface area contributed by atoms with Crippen LogP contribution in [0.3, 0.4) is 0 Å². The van der Waals surface area contributed by atoms with Crippen molar-refractivity contribution < 1.29 is 14.3 Å². The van der Waals surface area contributed by atoms with Gasteiger partial charge in [-0.2, -0.15) is 14.6 Å². The van der Waals surface area contributed by atoms with Crippen LogP contribution in [0.4, 0.5) is 5.82 Å². The fourth-order valence-electron chi connectivity index (χ4n) is 4.00. The minimum atomic E-state index is -0.0881. The maximum absolute atomic E-state index is 12.7. The Morgan fingerprint density at radius 3 is 2.65 bits per heavy atom. The van der Waals surface area contributed by atoms with Gasteiger partial charge in [0.05, 0.1) is 18.9 Å². The van der Waals surface area contributed by atoms with Crippen molar-refractivity contribution in [2.45, 2.75) is 6.92 Å². The first-order valence-corrected chi connectivity index (χ1v) is 11.3. The van der Waals surface area contributed by atoms with Crippen LogP contribution in [0.2, 0.25) is 0 Å². The average molecular weight is 455 g/mol. The van der Waals surface area contributed by atoms with Crippen LogP contribution in [0, 0.1) is 6.92 Å². The van der Waals surface area contributed by atoms with Crippen LogP contribution in [0.1, 0.15) is 21.5 Å². The number of Topliss-reactive ketones (excluding diaryl/α,β-unsaturated/α-hetero) is 1. The molecule has 7 heteroatoms. The van der Waals surface area contributed by atoms with Crippen LogP contribution in [0.25, 0.3) is 23.0 Å². The van der Waals surface area contributed by atoms with Gasteiger partial charge in [-0.3, -0.25) is 4.79 Å². The summed E-state index contributed by atoms with van der Waals surface area (Å²) in [5, 5.41) is 4.83. The molecule has 0 N–H and O–H groups in total. The summed E-state index contributed by atoms with van der Waals surface area (Å²) in [6.07, 6.45) is 1.81. The van der Waals surface area contributed by atoms with Crippen molar-refractivity contribution in [3.63, 3.8) is 0 Å². The molecule has 0 bridgehead atoms. The van der Waals surface area contributed by atoms with Gasteiger partial charge in [0.2, 0.25) is 5.88 Å². The van der Waals surface area contributed by atoms with E-state index in [4.69, 9.17) is 14.6 Å². The van der Waals surface area contributed by atoms with E-state index in [2.05, 4.69) is 16.5 Å². The van der Waals surface area contributed by atoms with Gasteiger partial charge in [0, 0.05) is 36.3 Å². The molecule has 0 radical (unpaired) electrons. The number of carbonyl (C=O) groups is 1. The lowest BCUT2D eigenvalue weighted by atomic mass is 10.1. The molecule has 5 rings (SSSR count). The second kappa shape index (κ2) is 9.49. The summed E-state index contributed by atoms with van der Waals surface area (Å²) >= 11 is 0. The van der Waals surface area contributed by atoms with Gasteiger partial charge in [-0.05, 0) is 18.6 Å². The third kappa shape index (κ3) is 4.56. The summed E-state index contributed by atoms with van der Waals surface area (Å²) in [4.78, 5) is 19.5. The molecule has 0 atom stereocenters. The maximum atomic E-state index is 12.7. The SMILES string of the molecule is C=Cc1ccc(-c2cc3nc(OCC(=O)c4cccc(C)c4)cc(N4CCOCC4)n3n2)cc1. The Balaban J connectivity index is 1.47. The lowest BCUT2D eigenvalue weighted by Crippen LogP contribution is -2.37. The minimum absolute atomic E-state index is 0.0841. The number of nitrogens with zero attached hydrogens (tertiary/aromatic N) is 4. The Morgan fingerprint density at radius 2 is 1.91 bits per heavy atom. The summed E-state index contributed by atoms with van der Waals surface area (Å²) < 4.78 is 13.2. The number of morpholine rings is 1. The van der Waals surface area contributed by atoms with Gasteiger partial charge in [-0.25, -0.2) is 0 Å². The zero-order valence-electron chi connectivity index (χ0n) is 19.1. The van der Waals surface area contributed by atoms with Crippen LogP contribution >= 0.6 is 0 Å². The molecule has 0 saturated carbocycles. The van der Waals surface area contributed by atoms with E-state index >= 15 is 0 Å². The largest absolute Gasteiger partial charge is 0.469 e. The lowest BCUT2D eigenvalue weighted by Gasteiger charge is -2.29. The summed E-state index contributed by atoms with van der Waals surface area (Å²) in [6.45, 7) is 8.45. The molecule has 1 aliphatic rings. The number of ketones is 1. The van der Waals surface area contributed by atoms with Crippen LogP contribution in [0.5, 0.6) is 5.88 Å². The second-order valence-electron chi connectivity index (χ2n) is 8.26. The lowest BCUT2D eigenvalue weighted by molar-refractivity contribution is 0.0918. The topological polar surface area (TPSA) is 69.0 Å². The average Bonchev–Trinajstić information content (AvgIpc) is 3.31. The Kier molecular flexibility index (Phi) is 6.10. The third-order valence-electron chi connectivity index (χ3n) is 5.85. The van der Waals surface area contributed by atoms with Gasteiger partial charge in [0.25, 0.3) is 0 Å². The standard InChI is InChI=1S/C27H26N4O3/c1-3-20-7-9-21(10-8-20)23-16-25-28-26(34-18-24(32)22-6-4-5-19(2)15-22)17-27(31(25)29-23)30-11-13-33-14-12-30/h3-10,15-17H,1,11-14,18H2,2H3. The number of carbonyl (C=O) groups excluding carboxylic acids is 1. The number of benzene rings is 2. The van der Waals surface area contributed by atoms with Crippen molar-refractivity contribution in [3.05, 3.63) is 83.9 Å². The van der Waals surface area contributed by atoms with Crippen molar-refractivity contribution in [1.82, 2.24) is 14.6 Å². The molecule has 4 aromatic rings. The monoisotopic (exact) mass is 454 g/mol. The number of hydrogen-bond acceptors (Lipinski definition) is 6. The van der Waals surface area contributed by atoms with E-state index in [1.54, 1.807) is 6.07 Å². The molecule has 1 aliphatic heterocycles. The number of aryl methyl sites for hydroxylation is 1. The minimum Gasteiger partial charge on any atom is -0.469 e. The van der Waals surface area contributed by atoms with Crippen molar-refractivity contribution in [3.8, 4) is 17.1 Å². The molecular formula is C27H26N4O3. The van der Waals surface area contributed by atoms with Gasteiger partial charge >= 0.3 is 0 Å². The second-order valence-corrected chi connectivity index (χ2v) is 8.26. The molecule has 1 fully saturated rings. The normalized spacial score (nSPS) is 13.7. The zero-order chi connectivity index (χ0) is 23.5. The molecule has 34 heavy (non-hydrogen) atoms. The van der Waals surface area contributed by atoms with Gasteiger partial charge in [0.15, 0.2) is 18.0 Å². The van der Waals surface area contributed by atoms with Crippen LogP contribution < -0.4 is 9.64 Å². The number of rotatable bonds is 7. The summed E-state index contributed by atoms with van der Waals surface area (Å²) in [5.41, 5.74) is 5.17. The quantitative estimate of drug-likeness (QED) is 0.385. The van der Waals surface area contributed by atoms with E-state index in [9.17, 15) is 4.79 Å². The fourth-order valence-corrected chi connectivity index (χ4v) is 4.00. The Bertz CT molecular complexity index is 1340. The smallest absolute Gasteiger partial charge is 0.219 e. The highest BCUT2D eigenvalue weighted by Crippen LogP contribution is 2.27. The Morgan fingerprint density at radius 1 is 1.12 bits per heavy atom. The highest BCUT2D eigenvalue weighted by Gasteiger charge is 2.19. The van der Waals surface area contributed by atoms with Gasteiger partial charge in [-0.1, -0.05) is 60.7 Å². The van der Waals surface area contributed by atoms with E-state index in [-0.39, 0.29) is 12.4 Å². The summed E-state index contributed by atoms with van der Waals surface area (Å²) in [5.74, 6) is 1.17. The van der Waals surface area contributed by atoms with E-state index in [0.717, 1.165) is 41.3 Å². The molecule has 0 unspecified atom stereocenters. The molecule has 0 spiro atoms. The number of fused-ring (bicyclic) bond motifs is 1. The molecule has 7 nitrogen and oxygen atoms in total. The van der Waals surface area contributed by atoms with E-state index in [0.29, 0.717) is 30.3 Å². The Hall–Kier alpha value is -3.97. The first-order valence-electron chi connectivity index (χ1n) is 11.3. The van der Waals surface area contributed by atoms with Crippen LogP contribution in [-0.2, 0) is 4.74 Å². The highest BCUT2D eigenvalue weighted by atomic mass is 16.5. The number of aromatic nitrogens is 3. The van der Waals surface area contributed by atoms with E-state index in [1.807, 2.05) is 72.1 Å². The van der Waals surface area contributed by atoms with Crippen LogP contribution in [-0.4, -0.2) is 53.3 Å². The molecule has 1 saturated heterocycles. The maximum Gasteiger partial charge on any atom is 0.219 e. The number of anilines is 1. The Labute approximate surface area is 198 Å². The van der Waals surface area contributed by atoms with Gasteiger partial charge < -0.3 is 14.4 Å². The van der Waals surface area contributed by atoms with Crippen LogP contribution in [0.15, 0.2) is 67.2 Å². The van der Waals surface area contributed by atoms with Gasteiger partial charge in [0.1, 0.15) is 5.82 Å². The zero-order valence-corrected chi connectivity index (χ0v) is 19.1. The third-order valence-corrected chi connectivity index (χ3v) is 5.85. The molecule has 0 aliphatic carbocycles. The first-order chi connectivity index (χ1) is 16.6. The predicted molar refractivity (Wildman–Crippen MR) is 133 cm³/mol. The fraction of sp³-hybridized carbons (Fsp3) is 0.222. The summed E-state index contributed by atoms with van der Waals surface area (Å²) in [7, 11) is 0. The predicted octanol–water partition coefficient (Wildman–Crippen LogP) is 4.45.